The maximum Gasteiger partial charge on any atom is 0.257 e. The van der Waals surface area contributed by atoms with Gasteiger partial charge in [0, 0.05) is 13.1 Å². The first-order valence-corrected chi connectivity index (χ1v) is 7.94. The van der Waals surface area contributed by atoms with Crippen molar-refractivity contribution in [3.05, 3.63) is 47.4 Å². The Morgan fingerprint density at radius 2 is 2.00 bits per heavy atom. The first-order valence-electron chi connectivity index (χ1n) is 7.94. The first kappa shape index (κ1) is 17.9. The Kier molecular flexibility index (Phi) is 6.69. The number of benzene rings is 1. The van der Waals surface area contributed by atoms with E-state index in [9.17, 15) is 4.79 Å². The molecule has 6 heteroatoms. The lowest BCUT2D eigenvalue weighted by Crippen LogP contribution is -2.28. The van der Waals surface area contributed by atoms with Gasteiger partial charge in [0.05, 0.1) is 13.7 Å². The minimum atomic E-state index is -0.154. The van der Waals surface area contributed by atoms with Crippen LogP contribution in [0, 0.1) is 6.92 Å². The van der Waals surface area contributed by atoms with Crippen LogP contribution < -0.4 is 20.1 Å². The summed E-state index contributed by atoms with van der Waals surface area (Å²) in [6.45, 7) is 5.68. The third kappa shape index (κ3) is 5.31. The first-order chi connectivity index (χ1) is 11.6. The smallest absolute Gasteiger partial charge is 0.257 e. The van der Waals surface area contributed by atoms with E-state index in [0.29, 0.717) is 31.1 Å². The zero-order valence-electron chi connectivity index (χ0n) is 14.3. The number of aryl methyl sites for hydroxylation is 1. The van der Waals surface area contributed by atoms with Gasteiger partial charge >= 0.3 is 0 Å². The van der Waals surface area contributed by atoms with Crippen molar-refractivity contribution < 1.29 is 18.7 Å². The highest BCUT2D eigenvalue weighted by Crippen LogP contribution is 2.28. The highest BCUT2D eigenvalue weighted by atomic mass is 16.5. The second kappa shape index (κ2) is 8.98. The second-order valence-corrected chi connectivity index (χ2v) is 5.34. The lowest BCUT2D eigenvalue weighted by Gasteiger charge is -2.12. The molecule has 1 amide bonds. The zero-order chi connectivity index (χ0) is 17.4. The average molecular weight is 332 g/mol. The minimum absolute atomic E-state index is 0.0281. The predicted octanol–water partition coefficient (Wildman–Crippen LogP) is 2.40. The number of furan rings is 1. The van der Waals surface area contributed by atoms with Crippen molar-refractivity contribution in [1.29, 1.82) is 0 Å². The van der Waals surface area contributed by atoms with Gasteiger partial charge in [0.2, 0.25) is 0 Å². The maximum absolute atomic E-state index is 11.5. The summed E-state index contributed by atoms with van der Waals surface area (Å²) < 4.78 is 16.4. The predicted molar refractivity (Wildman–Crippen MR) is 91.2 cm³/mol. The normalized spacial score (nSPS) is 10.5. The molecule has 0 aliphatic carbocycles. The number of methoxy groups -OCH3 is 1. The molecule has 0 aliphatic heterocycles. The molecule has 1 aromatic carbocycles. The zero-order valence-corrected chi connectivity index (χ0v) is 14.3. The molecule has 0 spiro atoms. The van der Waals surface area contributed by atoms with Gasteiger partial charge in [0.1, 0.15) is 11.5 Å². The molecule has 2 aromatic rings. The standard InChI is InChI=1S/C18H24N2O4/c1-4-20-18(21)12-23-16-8-6-14(9-17(16)22-3)10-19-11-15-7-5-13(2)24-15/h5-9,19H,4,10-12H2,1-3H3,(H,20,21). The summed E-state index contributed by atoms with van der Waals surface area (Å²) in [6.07, 6.45) is 0. The molecule has 0 fully saturated rings. The molecule has 24 heavy (non-hydrogen) atoms. The van der Waals surface area contributed by atoms with Crippen LogP contribution in [0.3, 0.4) is 0 Å². The van der Waals surface area contributed by atoms with Crippen molar-refractivity contribution in [2.24, 2.45) is 0 Å². The van der Waals surface area contributed by atoms with E-state index in [0.717, 1.165) is 17.1 Å². The Morgan fingerprint density at radius 1 is 1.17 bits per heavy atom. The van der Waals surface area contributed by atoms with Gasteiger partial charge in [-0.05, 0) is 43.7 Å². The molecule has 6 nitrogen and oxygen atoms in total. The van der Waals surface area contributed by atoms with Crippen LogP contribution in [0.4, 0.5) is 0 Å². The Balaban J connectivity index is 1.88. The van der Waals surface area contributed by atoms with Gasteiger partial charge in [-0.15, -0.1) is 0 Å². The summed E-state index contributed by atoms with van der Waals surface area (Å²) in [5.74, 6) is 2.81. The molecule has 1 aromatic heterocycles. The Hall–Kier alpha value is -2.47. The fraction of sp³-hybridized carbons (Fsp3) is 0.389. The molecule has 2 rings (SSSR count). The van der Waals surface area contributed by atoms with Crippen molar-refractivity contribution in [2.45, 2.75) is 26.9 Å². The molecule has 0 unspecified atom stereocenters. The number of likely N-dealkylation sites (N-methyl/N-ethyl adjacent to an activating group) is 1. The molecule has 0 radical (unpaired) electrons. The van der Waals surface area contributed by atoms with Crippen molar-refractivity contribution in [2.75, 3.05) is 20.3 Å². The molecule has 0 atom stereocenters. The van der Waals surface area contributed by atoms with Crippen LogP contribution in [0.1, 0.15) is 24.0 Å². The maximum atomic E-state index is 11.5. The molecular formula is C18H24N2O4. The fourth-order valence-corrected chi connectivity index (χ4v) is 2.24. The molecule has 0 saturated heterocycles. The van der Waals surface area contributed by atoms with E-state index in [1.165, 1.54) is 0 Å². The van der Waals surface area contributed by atoms with Gasteiger partial charge < -0.3 is 24.5 Å². The van der Waals surface area contributed by atoms with Crippen molar-refractivity contribution in [1.82, 2.24) is 10.6 Å². The second-order valence-electron chi connectivity index (χ2n) is 5.34. The largest absolute Gasteiger partial charge is 0.493 e. The van der Waals surface area contributed by atoms with Crippen LogP contribution >= 0.6 is 0 Å². The number of ether oxygens (including phenoxy) is 2. The van der Waals surface area contributed by atoms with Gasteiger partial charge in [-0.25, -0.2) is 0 Å². The van der Waals surface area contributed by atoms with Crippen molar-refractivity contribution >= 4 is 5.91 Å². The SMILES string of the molecule is CCNC(=O)COc1ccc(CNCc2ccc(C)o2)cc1OC. The van der Waals surface area contributed by atoms with Crippen molar-refractivity contribution in [3.8, 4) is 11.5 Å². The Labute approximate surface area is 142 Å². The molecule has 130 valence electrons. The topological polar surface area (TPSA) is 72.7 Å². The van der Waals surface area contributed by atoms with Crippen LogP contribution in [0.2, 0.25) is 0 Å². The third-order valence-corrected chi connectivity index (χ3v) is 3.39. The summed E-state index contributed by atoms with van der Waals surface area (Å²) in [6, 6.07) is 9.55. The summed E-state index contributed by atoms with van der Waals surface area (Å²) in [5.41, 5.74) is 1.06. The summed E-state index contributed by atoms with van der Waals surface area (Å²) >= 11 is 0. The van der Waals surface area contributed by atoms with Crippen molar-refractivity contribution in [3.63, 3.8) is 0 Å². The van der Waals surface area contributed by atoms with E-state index >= 15 is 0 Å². The number of carbonyl (C=O) groups is 1. The molecular weight excluding hydrogens is 308 g/mol. The number of amides is 1. The van der Waals surface area contributed by atoms with Gasteiger partial charge in [0.15, 0.2) is 18.1 Å². The van der Waals surface area contributed by atoms with Gasteiger partial charge in [-0.3, -0.25) is 4.79 Å². The monoisotopic (exact) mass is 332 g/mol. The number of hydrogen-bond acceptors (Lipinski definition) is 5. The van der Waals surface area contributed by atoms with E-state index < -0.39 is 0 Å². The van der Waals surface area contributed by atoms with Crippen LogP contribution in [0.25, 0.3) is 0 Å². The lowest BCUT2D eigenvalue weighted by molar-refractivity contribution is -0.123. The van der Waals surface area contributed by atoms with Gasteiger partial charge in [0.25, 0.3) is 5.91 Å². The highest BCUT2D eigenvalue weighted by molar-refractivity contribution is 5.77. The number of carbonyl (C=O) groups excluding carboxylic acids is 1. The molecule has 0 aliphatic rings. The fourth-order valence-electron chi connectivity index (χ4n) is 2.24. The van der Waals surface area contributed by atoms with Gasteiger partial charge in [-0.1, -0.05) is 6.07 Å². The summed E-state index contributed by atoms with van der Waals surface area (Å²) in [4.78, 5) is 11.5. The van der Waals surface area contributed by atoms with Crippen LogP contribution in [-0.2, 0) is 17.9 Å². The number of hydrogen-bond donors (Lipinski definition) is 2. The Morgan fingerprint density at radius 3 is 2.67 bits per heavy atom. The van der Waals surface area contributed by atoms with E-state index in [1.807, 2.05) is 44.2 Å². The third-order valence-electron chi connectivity index (χ3n) is 3.39. The minimum Gasteiger partial charge on any atom is -0.493 e. The van der Waals surface area contributed by atoms with E-state index in [2.05, 4.69) is 10.6 Å². The van der Waals surface area contributed by atoms with E-state index in [4.69, 9.17) is 13.9 Å². The van der Waals surface area contributed by atoms with Crippen LogP contribution in [-0.4, -0.2) is 26.2 Å². The average Bonchev–Trinajstić information content (AvgIpc) is 2.99. The van der Waals surface area contributed by atoms with E-state index in [1.54, 1.807) is 7.11 Å². The molecule has 2 N–H and O–H groups in total. The number of rotatable bonds is 9. The van der Waals surface area contributed by atoms with E-state index in [-0.39, 0.29) is 12.5 Å². The molecule has 0 saturated carbocycles. The summed E-state index contributed by atoms with van der Waals surface area (Å²) in [5, 5.41) is 6.00. The molecule has 0 bridgehead atoms. The lowest BCUT2D eigenvalue weighted by atomic mass is 10.2. The highest BCUT2D eigenvalue weighted by Gasteiger charge is 2.08. The van der Waals surface area contributed by atoms with Crippen LogP contribution in [0.15, 0.2) is 34.7 Å². The molecule has 1 heterocycles. The van der Waals surface area contributed by atoms with Gasteiger partial charge in [-0.2, -0.15) is 0 Å². The Bertz CT molecular complexity index is 667. The van der Waals surface area contributed by atoms with Crippen LogP contribution in [0.5, 0.6) is 11.5 Å². The summed E-state index contributed by atoms with van der Waals surface area (Å²) in [7, 11) is 1.58. The number of nitrogens with one attached hydrogen (secondary N) is 2. The quantitative estimate of drug-likeness (QED) is 0.738.